The summed E-state index contributed by atoms with van der Waals surface area (Å²) in [4.78, 5) is 23.8. The second-order valence-corrected chi connectivity index (χ2v) is 6.18. The third-order valence-electron chi connectivity index (χ3n) is 3.71. The minimum atomic E-state index is -0.456. The lowest BCUT2D eigenvalue weighted by atomic mass is 10.2. The zero-order valence-corrected chi connectivity index (χ0v) is 15.9. The number of carbonyl (C=O) groups excluding carboxylic acids is 2. The van der Waals surface area contributed by atoms with Crippen molar-refractivity contribution in [1.82, 2.24) is 0 Å². The second kappa shape index (κ2) is 9.10. The SMILES string of the molecule is CCOC(=O)COc1cccc(NC(=O)c2ccc(-c3ccc(Cl)cc3)o2)c1. The number of esters is 1. The van der Waals surface area contributed by atoms with E-state index in [2.05, 4.69) is 5.32 Å². The molecule has 0 saturated heterocycles. The fourth-order valence-corrected chi connectivity index (χ4v) is 2.56. The van der Waals surface area contributed by atoms with Crippen LogP contribution in [0.25, 0.3) is 11.3 Å². The second-order valence-electron chi connectivity index (χ2n) is 5.75. The molecule has 0 aliphatic carbocycles. The van der Waals surface area contributed by atoms with E-state index in [-0.39, 0.29) is 12.4 Å². The molecule has 0 radical (unpaired) electrons. The van der Waals surface area contributed by atoms with Crippen molar-refractivity contribution in [3.63, 3.8) is 0 Å². The van der Waals surface area contributed by atoms with Crippen molar-refractivity contribution in [3.8, 4) is 17.1 Å². The van der Waals surface area contributed by atoms with E-state index in [1.54, 1.807) is 55.5 Å². The van der Waals surface area contributed by atoms with Gasteiger partial charge in [-0.25, -0.2) is 4.79 Å². The first kappa shape index (κ1) is 19.5. The van der Waals surface area contributed by atoms with E-state index < -0.39 is 11.9 Å². The Balaban J connectivity index is 1.64. The summed E-state index contributed by atoms with van der Waals surface area (Å²) in [6.45, 7) is 1.81. The van der Waals surface area contributed by atoms with Crippen LogP contribution < -0.4 is 10.1 Å². The van der Waals surface area contributed by atoms with Crippen molar-refractivity contribution in [2.75, 3.05) is 18.5 Å². The zero-order valence-electron chi connectivity index (χ0n) is 15.1. The first-order chi connectivity index (χ1) is 13.5. The molecule has 3 rings (SSSR count). The van der Waals surface area contributed by atoms with Gasteiger partial charge in [-0.2, -0.15) is 0 Å². The molecule has 2 aromatic carbocycles. The molecule has 0 aliphatic heterocycles. The molecule has 1 amide bonds. The smallest absolute Gasteiger partial charge is 0.344 e. The molecule has 0 saturated carbocycles. The van der Waals surface area contributed by atoms with Crippen LogP contribution in [0.1, 0.15) is 17.5 Å². The Morgan fingerprint density at radius 3 is 2.61 bits per heavy atom. The molecule has 0 atom stereocenters. The summed E-state index contributed by atoms with van der Waals surface area (Å²) in [6, 6.07) is 17.1. The summed E-state index contributed by atoms with van der Waals surface area (Å²) in [5, 5.41) is 3.36. The van der Waals surface area contributed by atoms with Crippen LogP contribution in [-0.4, -0.2) is 25.1 Å². The Kier molecular flexibility index (Phi) is 6.34. The van der Waals surface area contributed by atoms with Gasteiger partial charge in [0.25, 0.3) is 5.91 Å². The van der Waals surface area contributed by atoms with Crippen molar-refractivity contribution in [3.05, 3.63) is 71.4 Å². The summed E-state index contributed by atoms with van der Waals surface area (Å²) in [6.07, 6.45) is 0. The largest absolute Gasteiger partial charge is 0.482 e. The first-order valence-electron chi connectivity index (χ1n) is 8.61. The normalized spacial score (nSPS) is 10.4. The third kappa shape index (κ3) is 5.14. The molecular weight excluding hydrogens is 382 g/mol. The van der Waals surface area contributed by atoms with Gasteiger partial charge in [-0.1, -0.05) is 17.7 Å². The van der Waals surface area contributed by atoms with Gasteiger partial charge in [0.15, 0.2) is 12.4 Å². The lowest BCUT2D eigenvalue weighted by Gasteiger charge is -2.08. The van der Waals surface area contributed by atoms with Crippen molar-refractivity contribution < 1.29 is 23.5 Å². The summed E-state index contributed by atoms with van der Waals surface area (Å²) >= 11 is 5.88. The van der Waals surface area contributed by atoms with Crippen LogP contribution in [0.3, 0.4) is 0 Å². The van der Waals surface area contributed by atoms with Crippen LogP contribution in [0.15, 0.2) is 65.1 Å². The highest BCUT2D eigenvalue weighted by Gasteiger charge is 2.13. The van der Waals surface area contributed by atoms with Crippen molar-refractivity contribution in [2.24, 2.45) is 0 Å². The van der Waals surface area contributed by atoms with Gasteiger partial charge in [0.2, 0.25) is 0 Å². The van der Waals surface area contributed by atoms with Gasteiger partial charge in [0.05, 0.1) is 6.61 Å². The standard InChI is InChI=1S/C21H18ClNO5/c1-2-26-20(24)13-27-17-5-3-4-16(12-17)23-21(25)19-11-10-18(28-19)14-6-8-15(22)9-7-14/h3-12H,2,13H2,1H3,(H,23,25). The van der Waals surface area contributed by atoms with E-state index in [1.807, 2.05) is 12.1 Å². The number of amides is 1. The van der Waals surface area contributed by atoms with Crippen LogP contribution in [0.4, 0.5) is 5.69 Å². The molecule has 6 nitrogen and oxygen atoms in total. The summed E-state index contributed by atoms with van der Waals surface area (Å²) in [7, 11) is 0. The van der Waals surface area contributed by atoms with Gasteiger partial charge >= 0.3 is 5.97 Å². The van der Waals surface area contributed by atoms with Crippen LogP contribution >= 0.6 is 11.6 Å². The molecule has 1 aromatic heterocycles. The number of ether oxygens (including phenoxy) is 2. The van der Waals surface area contributed by atoms with Gasteiger partial charge in [0.1, 0.15) is 11.5 Å². The van der Waals surface area contributed by atoms with Gasteiger partial charge in [0, 0.05) is 22.3 Å². The van der Waals surface area contributed by atoms with Crippen LogP contribution in [0.5, 0.6) is 5.75 Å². The Morgan fingerprint density at radius 2 is 1.86 bits per heavy atom. The molecule has 28 heavy (non-hydrogen) atoms. The molecular formula is C21H18ClNO5. The average Bonchev–Trinajstić information content (AvgIpc) is 3.18. The molecule has 0 spiro atoms. The van der Waals surface area contributed by atoms with Gasteiger partial charge in [-0.15, -0.1) is 0 Å². The highest BCUT2D eigenvalue weighted by Crippen LogP contribution is 2.25. The third-order valence-corrected chi connectivity index (χ3v) is 3.96. The van der Waals surface area contributed by atoms with Crippen LogP contribution in [0.2, 0.25) is 5.02 Å². The Hall–Kier alpha value is -3.25. The maximum atomic E-state index is 12.4. The lowest BCUT2D eigenvalue weighted by molar-refractivity contribution is -0.145. The predicted molar refractivity (Wildman–Crippen MR) is 106 cm³/mol. The average molecular weight is 400 g/mol. The maximum Gasteiger partial charge on any atom is 0.344 e. The molecule has 0 bridgehead atoms. The summed E-state index contributed by atoms with van der Waals surface area (Å²) in [5.41, 5.74) is 1.33. The highest BCUT2D eigenvalue weighted by atomic mass is 35.5. The molecule has 144 valence electrons. The number of rotatable bonds is 7. The van der Waals surface area contributed by atoms with Crippen molar-refractivity contribution >= 4 is 29.2 Å². The Labute approximate surface area is 167 Å². The molecule has 0 aliphatic rings. The number of anilines is 1. The summed E-state index contributed by atoms with van der Waals surface area (Å²) < 4.78 is 15.8. The molecule has 0 fully saturated rings. The fourth-order valence-electron chi connectivity index (χ4n) is 2.43. The number of nitrogens with one attached hydrogen (secondary N) is 1. The van der Waals surface area contributed by atoms with E-state index in [4.69, 9.17) is 25.5 Å². The zero-order chi connectivity index (χ0) is 19.9. The molecule has 7 heteroatoms. The minimum Gasteiger partial charge on any atom is -0.482 e. The van der Waals surface area contributed by atoms with Crippen molar-refractivity contribution in [1.29, 1.82) is 0 Å². The maximum absolute atomic E-state index is 12.4. The molecule has 1 heterocycles. The number of hydrogen-bond acceptors (Lipinski definition) is 5. The first-order valence-corrected chi connectivity index (χ1v) is 8.98. The molecule has 1 N–H and O–H groups in total. The Bertz CT molecular complexity index is 965. The quantitative estimate of drug-likeness (QED) is 0.578. The predicted octanol–water partition coefficient (Wildman–Crippen LogP) is 4.79. The van der Waals surface area contributed by atoms with Crippen LogP contribution in [-0.2, 0) is 9.53 Å². The van der Waals surface area contributed by atoms with Gasteiger partial charge < -0.3 is 19.2 Å². The van der Waals surface area contributed by atoms with E-state index >= 15 is 0 Å². The number of halogens is 1. The lowest BCUT2D eigenvalue weighted by Crippen LogP contribution is -2.15. The van der Waals surface area contributed by atoms with Crippen LogP contribution in [0, 0.1) is 0 Å². The Morgan fingerprint density at radius 1 is 1.07 bits per heavy atom. The van der Waals surface area contributed by atoms with Crippen molar-refractivity contribution in [2.45, 2.75) is 6.92 Å². The van der Waals surface area contributed by atoms with E-state index in [0.717, 1.165) is 5.56 Å². The monoisotopic (exact) mass is 399 g/mol. The minimum absolute atomic E-state index is 0.169. The van der Waals surface area contributed by atoms with Gasteiger partial charge in [-0.3, -0.25) is 4.79 Å². The number of hydrogen-bond donors (Lipinski definition) is 1. The van der Waals surface area contributed by atoms with E-state index in [9.17, 15) is 9.59 Å². The number of carbonyl (C=O) groups is 2. The van der Waals surface area contributed by atoms with E-state index in [1.165, 1.54) is 0 Å². The molecule has 3 aromatic rings. The number of furan rings is 1. The summed E-state index contributed by atoms with van der Waals surface area (Å²) in [5.74, 6) is 0.313. The fraction of sp³-hybridized carbons (Fsp3) is 0.143. The molecule has 0 unspecified atom stereocenters. The topological polar surface area (TPSA) is 77.8 Å². The van der Waals surface area contributed by atoms with Gasteiger partial charge in [-0.05, 0) is 55.5 Å². The highest BCUT2D eigenvalue weighted by molar-refractivity contribution is 6.30. The van der Waals surface area contributed by atoms with E-state index in [0.29, 0.717) is 28.8 Å². The number of benzene rings is 2.